The zero-order valence-electron chi connectivity index (χ0n) is 13.9. The van der Waals surface area contributed by atoms with Gasteiger partial charge in [-0.3, -0.25) is 0 Å². The molecule has 0 aliphatic carbocycles. The number of unbranched alkanes of at least 4 members (excludes halogenated alkanes) is 1. The van der Waals surface area contributed by atoms with E-state index in [-0.39, 0.29) is 0 Å². The second-order valence-corrected chi connectivity index (χ2v) is 6.74. The van der Waals surface area contributed by atoms with Crippen LogP contribution in [0.2, 0.25) is 0 Å². The number of fused-ring (bicyclic) bond motifs is 2. The Labute approximate surface area is 147 Å². The molecule has 4 rings (SSSR count). The zero-order valence-corrected chi connectivity index (χ0v) is 14.7. The molecule has 2 heterocycles. The first-order valence-electron chi connectivity index (χ1n) is 8.34. The maximum absolute atomic E-state index is 5.92. The fraction of sp³-hybridized carbons (Fsp3) is 0.190. The minimum atomic E-state index is 0.683. The Balaban J connectivity index is 0.000000159. The summed E-state index contributed by atoms with van der Waals surface area (Å²) < 4.78 is 1.37. The third-order valence-corrected chi connectivity index (χ3v) is 4.90. The number of hydrogen-bond acceptors (Lipinski definition) is 3. The van der Waals surface area contributed by atoms with Crippen LogP contribution in [0.5, 0.6) is 0 Å². The van der Waals surface area contributed by atoms with E-state index in [1.165, 1.54) is 33.9 Å². The van der Waals surface area contributed by atoms with E-state index in [1.54, 1.807) is 11.3 Å². The van der Waals surface area contributed by atoms with Crippen LogP contribution in [0.25, 0.3) is 21.0 Å². The molecule has 2 nitrogen and oxygen atoms in total. The average molecular weight is 334 g/mol. The fourth-order valence-corrected chi connectivity index (χ4v) is 3.44. The molecule has 122 valence electrons. The van der Waals surface area contributed by atoms with Gasteiger partial charge in [0.1, 0.15) is 5.82 Å². The normalized spacial score (nSPS) is 10.5. The van der Waals surface area contributed by atoms with Gasteiger partial charge in [-0.1, -0.05) is 49.7 Å². The Kier molecular flexibility index (Phi) is 5.44. The SMILES string of the molecule is CCCCc1cc2ccccc2nc1N.c1ccc2sccc2c1. The zero-order chi connectivity index (χ0) is 16.8. The van der Waals surface area contributed by atoms with Crippen LogP contribution in [-0.4, -0.2) is 4.98 Å². The highest BCUT2D eigenvalue weighted by atomic mass is 32.1. The highest BCUT2D eigenvalue weighted by molar-refractivity contribution is 7.17. The van der Waals surface area contributed by atoms with E-state index in [1.807, 2.05) is 18.2 Å². The van der Waals surface area contributed by atoms with Crippen LogP contribution >= 0.6 is 11.3 Å². The standard InChI is InChI=1S/C13H16N2.C8H6S/c1-2-3-6-11-9-10-7-4-5-8-12(10)15-13(11)14;1-2-4-8-7(3-1)5-6-9-8/h4-5,7-9H,2-3,6H2,1H3,(H2,14,15);1-6H. The van der Waals surface area contributed by atoms with Gasteiger partial charge in [-0.25, -0.2) is 4.98 Å². The summed E-state index contributed by atoms with van der Waals surface area (Å²) in [6.45, 7) is 2.19. The van der Waals surface area contributed by atoms with Gasteiger partial charge in [0.05, 0.1) is 5.52 Å². The lowest BCUT2D eigenvalue weighted by Gasteiger charge is -2.06. The molecule has 0 amide bonds. The van der Waals surface area contributed by atoms with Crippen molar-refractivity contribution in [3.05, 3.63) is 71.6 Å². The molecule has 24 heavy (non-hydrogen) atoms. The topological polar surface area (TPSA) is 38.9 Å². The van der Waals surface area contributed by atoms with Gasteiger partial charge in [-0.05, 0) is 53.4 Å². The minimum absolute atomic E-state index is 0.683. The number of nitrogen functional groups attached to an aromatic ring is 1. The van der Waals surface area contributed by atoms with Crippen LogP contribution in [0.1, 0.15) is 25.3 Å². The van der Waals surface area contributed by atoms with Gasteiger partial charge in [0, 0.05) is 10.1 Å². The molecule has 0 unspecified atom stereocenters. The fourth-order valence-electron chi connectivity index (χ4n) is 2.65. The predicted molar refractivity (Wildman–Crippen MR) is 107 cm³/mol. The second kappa shape index (κ2) is 7.93. The van der Waals surface area contributed by atoms with Crippen molar-refractivity contribution in [2.24, 2.45) is 0 Å². The highest BCUT2D eigenvalue weighted by Crippen LogP contribution is 2.20. The molecular weight excluding hydrogens is 312 g/mol. The number of nitrogens with zero attached hydrogens (tertiary/aromatic N) is 1. The van der Waals surface area contributed by atoms with E-state index in [0.717, 1.165) is 11.9 Å². The Morgan fingerprint density at radius 2 is 1.71 bits per heavy atom. The van der Waals surface area contributed by atoms with Crippen molar-refractivity contribution in [2.45, 2.75) is 26.2 Å². The van der Waals surface area contributed by atoms with Crippen LogP contribution < -0.4 is 5.73 Å². The number of para-hydroxylation sites is 1. The molecule has 0 spiro atoms. The lowest BCUT2D eigenvalue weighted by atomic mass is 10.1. The summed E-state index contributed by atoms with van der Waals surface area (Å²) in [4.78, 5) is 4.41. The quantitative estimate of drug-likeness (QED) is 0.494. The summed E-state index contributed by atoms with van der Waals surface area (Å²) in [7, 11) is 0. The van der Waals surface area contributed by atoms with E-state index in [2.05, 4.69) is 59.8 Å². The molecule has 0 fully saturated rings. The number of benzene rings is 2. The van der Waals surface area contributed by atoms with Crippen molar-refractivity contribution in [1.29, 1.82) is 0 Å². The molecular formula is C21H22N2S. The third kappa shape index (κ3) is 3.92. The van der Waals surface area contributed by atoms with Crippen molar-refractivity contribution in [3.63, 3.8) is 0 Å². The molecule has 0 aliphatic heterocycles. The minimum Gasteiger partial charge on any atom is -0.383 e. The van der Waals surface area contributed by atoms with Gasteiger partial charge in [0.25, 0.3) is 0 Å². The molecule has 3 heteroatoms. The maximum Gasteiger partial charge on any atom is 0.127 e. The summed E-state index contributed by atoms with van der Waals surface area (Å²) in [6, 6.07) is 20.8. The predicted octanol–water partition coefficient (Wildman–Crippen LogP) is 6.06. The molecule has 0 atom stereocenters. The first-order valence-corrected chi connectivity index (χ1v) is 9.22. The Morgan fingerprint density at radius 3 is 2.50 bits per heavy atom. The summed E-state index contributed by atoms with van der Waals surface area (Å²) in [6.07, 6.45) is 3.39. The second-order valence-electron chi connectivity index (χ2n) is 5.79. The van der Waals surface area contributed by atoms with Crippen LogP contribution in [0, 0.1) is 0 Å². The van der Waals surface area contributed by atoms with Gasteiger partial charge in [-0.2, -0.15) is 0 Å². The molecule has 2 aromatic heterocycles. The van der Waals surface area contributed by atoms with Crippen molar-refractivity contribution < 1.29 is 0 Å². The van der Waals surface area contributed by atoms with Gasteiger partial charge in [0.2, 0.25) is 0 Å². The average Bonchev–Trinajstić information content (AvgIpc) is 3.09. The maximum atomic E-state index is 5.92. The first-order chi connectivity index (χ1) is 11.8. The van der Waals surface area contributed by atoms with E-state index in [4.69, 9.17) is 5.73 Å². The van der Waals surface area contributed by atoms with E-state index in [9.17, 15) is 0 Å². The molecule has 2 N–H and O–H groups in total. The van der Waals surface area contributed by atoms with Crippen LogP contribution in [0.4, 0.5) is 5.82 Å². The molecule has 2 aromatic carbocycles. The van der Waals surface area contributed by atoms with Crippen molar-refractivity contribution in [2.75, 3.05) is 5.73 Å². The van der Waals surface area contributed by atoms with E-state index >= 15 is 0 Å². The number of anilines is 1. The number of nitrogens with two attached hydrogens (primary N) is 1. The Morgan fingerprint density at radius 1 is 0.958 bits per heavy atom. The number of rotatable bonds is 3. The van der Waals surface area contributed by atoms with Crippen LogP contribution in [-0.2, 0) is 6.42 Å². The molecule has 0 saturated carbocycles. The van der Waals surface area contributed by atoms with Crippen molar-refractivity contribution in [3.8, 4) is 0 Å². The largest absolute Gasteiger partial charge is 0.383 e. The first kappa shape index (κ1) is 16.5. The van der Waals surface area contributed by atoms with Crippen LogP contribution in [0.15, 0.2) is 66.0 Å². The van der Waals surface area contributed by atoms with E-state index in [0.29, 0.717) is 5.82 Å². The monoisotopic (exact) mass is 334 g/mol. The number of thiophene rings is 1. The highest BCUT2D eigenvalue weighted by Gasteiger charge is 2.02. The van der Waals surface area contributed by atoms with E-state index < -0.39 is 0 Å². The molecule has 4 aromatic rings. The summed E-state index contributed by atoms with van der Waals surface area (Å²) in [5.74, 6) is 0.683. The summed E-state index contributed by atoms with van der Waals surface area (Å²) >= 11 is 1.79. The van der Waals surface area contributed by atoms with Gasteiger partial charge < -0.3 is 5.73 Å². The van der Waals surface area contributed by atoms with Gasteiger partial charge in [-0.15, -0.1) is 11.3 Å². The number of aryl methyl sites for hydroxylation is 1. The van der Waals surface area contributed by atoms with Crippen molar-refractivity contribution in [1.82, 2.24) is 4.98 Å². The van der Waals surface area contributed by atoms with Crippen molar-refractivity contribution >= 4 is 38.1 Å². The molecule has 0 aliphatic rings. The lowest BCUT2D eigenvalue weighted by Crippen LogP contribution is -1.98. The third-order valence-electron chi connectivity index (χ3n) is 4.00. The molecule has 0 bridgehead atoms. The smallest absolute Gasteiger partial charge is 0.127 e. The molecule has 0 radical (unpaired) electrons. The van der Waals surface area contributed by atoms with Gasteiger partial charge >= 0.3 is 0 Å². The van der Waals surface area contributed by atoms with Crippen LogP contribution in [0.3, 0.4) is 0 Å². The van der Waals surface area contributed by atoms with Gasteiger partial charge in [0.15, 0.2) is 0 Å². The Hall–Kier alpha value is -2.39. The number of hydrogen-bond donors (Lipinski definition) is 1. The molecule has 0 saturated heterocycles. The lowest BCUT2D eigenvalue weighted by molar-refractivity contribution is 0.795. The summed E-state index contributed by atoms with van der Waals surface area (Å²) in [5.41, 5.74) is 8.07. The number of aromatic nitrogens is 1. The summed E-state index contributed by atoms with van der Waals surface area (Å²) in [5, 5.41) is 4.64. The Bertz CT molecular complexity index is 897. The number of pyridine rings is 1.